The lowest BCUT2D eigenvalue weighted by Gasteiger charge is -2.14. The Bertz CT molecular complexity index is 813. The Balaban J connectivity index is 1.69. The molecule has 1 aromatic rings. The minimum Gasteiger partial charge on any atom is -0.442 e. The number of carbonyl (C=O) groups excluding carboxylic acids is 3. The molecule has 1 fully saturated rings. The summed E-state index contributed by atoms with van der Waals surface area (Å²) in [5, 5.41) is 8.81. The highest BCUT2D eigenvalue weighted by Crippen LogP contribution is 2.26. The summed E-state index contributed by atoms with van der Waals surface area (Å²) in [6, 6.07) is 4.25. The quantitative estimate of drug-likeness (QED) is 0.777. The number of amides is 3. The van der Waals surface area contributed by atoms with Crippen molar-refractivity contribution in [1.82, 2.24) is 10.6 Å². The van der Waals surface area contributed by atoms with Crippen molar-refractivity contribution in [2.75, 3.05) is 25.0 Å². The molecule has 2 heterocycles. The molecule has 3 amide bonds. The summed E-state index contributed by atoms with van der Waals surface area (Å²) in [5.74, 6) is -1.16. The zero-order valence-electron chi connectivity index (χ0n) is 14.8. The average Bonchev–Trinajstić information content (AvgIpc) is 3.26. The molecule has 2 aliphatic rings. The predicted octanol–water partition coefficient (Wildman–Crippen LogP) is 0.526. The molecule has 0 spiro atoms. The number of hydrogen-bond donors (Lipinski definition) is 2. The van der Waals surface area contributed by atoms with E-state index in [0.29, 0.717) is 11.4 Å². The molecule has 2 atom stereocenters. The molecule has 27 heavy (non-hydrogen) atoms. The van der Waals surface area contributed by atoms with E-state index in [0.717, 1.165) is 0 Å². The molecule has 1 aromatic carbocycles. The third-order valence-electron chi connectivity index (χ3n) is 4.24. The van der Waals surface area contributed by atoms with Crippen LogP contribution in [0, 0.1) is 5.82 Å². The fourth-order valence-electron chi connectivity index (χ4n) is 2.84. The van der Waals surface area contributed by atoms with E-state index >= 15 is 0 Å². The van der Waals surface area contributed by atoms with Gasteiger partial charge < -0.3 is 20.2 Å². The van der Waals surface area contributed by atoms with Gasteiger partial charge in [0.05, 0.1) is 24.5 Å². The summed E-state index contributed by atoms with van der Waals surface area (Å²) in [6.07, 6.45) is -1.75. The van der Waals surface area contributed by atoms with Crippen LogP contribution in [0.5, 0.6) is 0 Å². The molecule has 2 N–H and O–H groups in total. The maximum Gasteiger partial charge on any atom is 0.414 e. The summed E-state index contributed by atoms with van der Waals surface area (Å²) in [4.78, 5) is 40.9. The van der Waals surface area contributed by atoms with E-state index in [1.807, 2.05) is 0 Å². The van der Waals surface area contributed by atoms with Crippen molar-refractivity contribution >= 4 is 29.3 Å². The van der Waals surface area contributed by atoms with Crippen LogP contribution >= 0.6 is 0 Å². The summed E-state index contributed by atoms with van der Waals surface area (Å²) in [5.41, 5.74) is 0.849. The highest BCUT2D eigenvalue weighted by Gasteiger charge is 2.34. The molecule has 144 valence electrons. The second-order valence-electron chi connectivity index (χ2n) is 6.17. The molecule has 1 unspecified atom stereocenters. The maximum atomic E-state index is 14.6. The Morgan fingerprint density at radius 3 is 2.85 bits per heavy atom. The summed E-state index contributed by atoms with van der Waals surface area (Å²) in [6.45, 7) is 1.75. The van der Waals surface area contributed by atoms with Crippen LogP contribution in [0.3, 0.4) is 0 Å². The molecule has 9 nitrogen and oxygen atoms in total. The van der Waals surface area contributed by atoms with Crippen molar-refractivity contribution in [2.24, 2.45) is 5.16 Å². The molecule has 1 saturated heterocycles. The summed E-state index contributed by atoms with van der Waals surface area (Å²) in [7, 11) is 1.48. The predicted molar refractivity (Wildman–Crippen MR) is 92.8 cm³/mol. The second-order valence-corrected chi connectivity index (χ2v) is 6.17. The van der Waals surface area contributed by atoms with Crippen LogP contribution in [0.25, 0.3) is 0 Å². The van der Waals surface area contributed by atoms with Gasteiger partial charge in [0.25, 0.3) is 5.91 Å². The van der Waals surface area contributed by atoms with Crippen molar-refractivity contribution in [1.29, 1.82) is 0 Å². The Morgan fingerprint density at radius 2 is 2.19 bits per heavy atom. The fourth-order valence-corrected chi connectivity index (χ4v) is 2.84. The Kier molecular flexibility index (Phi) is 5.24. The van der Waals surface area contributed by atoms with Gasteiger partial charge in [0.2, 0.25) is 12.0 Å². The zero-order valence-corrected chi connectivity index (χ0v) is 14.8. The van der Waals surface area contributed by atoms with Crippen LogP contribution in [-0.4, -0.2) is 56.0 Å². The number of anilines is 1. The van der Waals surface area contributed by atoms with Gasteiger partial charge in [0, 0.05) is 26.0 Å². The molecule has 2 aliphatic heterocycles. The van der Waals surface area contributed by atoms with Gasteiger partial charge in [-0.1, -0.05) is 5.16 Å². The number of oxime groups is 1. The molecule has 0 radical (unpaired) electrons. The first-order valence-electron chi connectivity index (χ1n) is 8.36. The first-order valence-corrected chi connectivity index (χ1v) is 8.36. The lowest BCUT2D eigenvalue weighted by Crippen LogP contribution is -2.33. The monoisotopic (exact) mass is 378 g/mol. The van der Waals surface area contributed by atoms with Crippen molar-refractivity contribution in [2.45, 2.75) is 25.6 Å². The topological polar surface area (TPSA) is 109 Å². The normalized spacial score (nSPS) is 21.4. The summed E-state index contributed by atoms with van der Waals surface area (Å²) >= 11 is 0. The van der Waals surface area contributed by atoms with Crippen molar-refractivity contribution in [3.05, 3.63) is 29.6 Å². The number of benzene rings is 1. The molecule has 3 rings (SSSR count). The standard InChI is InChI=1S/C17H19FN4O5/c1-9(23)20-7-11-8-22(17(25)26-11)10-3-4-12(13(18)5-10)14-6-15(27-21-14)16(24)19-2/h3-5,11,15H,6-8H2,1-2H3,(H,19,24)(H,20,23)/t11-,15?/m0/s1. The molecule has 0 bridgehead atoms. The molecular formula is C17H19FN4O5. The minimum absolute atomic E-state index is 0.153. The van der Waals surface area contributed by atoms with Crippen molar-refractivity contribution in [3.63, 3.8) is 0 Å². The van der Waals surface area contributed by atoms with E-state index < -0.39 is 24.1 Å². The van der Waals surface area contributed by atoms with Crippen LogP contribution in [0.15, 0.2) is 23.4 Å². The van der Waals surface area contributed by atoms with Crippen LogP contribution in [0.1, 0.15) is 18.9 Å². The van der Waals surface area contributed by atoms with Gasteiger partial charge in [-0.15, -0.1) is 0 Å². The molecule has 0 aromatic heterocycles. The number of carbonyl (C=O) groups is 3. The number of ether oxygens (including phenoxy) is 1. The van der Waals surface area contributed by atoms with E-state index in [2.05, 4.69) is 15.8 Å². The van der Waals surface area contributed by atoms with E-state index in [1.165, 1.54) is 31.0 Å². The average molecular weight is 378 g/mol. The second kappa shape index (κ2) is 7.60. The first-order chi connectivity index (χ1) is 12.9. The number of rotatable bonds is 5. The van der Waals surface area contributed by atoms with Crippen molar-refractivity contribution in [3.8, 4) is 0 Å². The third kappa shape index (κ3) is 3.99. The molecule has 0 saturated carbocycles. The van der Waals surface area contributed by atoms with Gasteiger partial charge >= 0.3 is 6.09 Å². The van der Waals surface area contributed by atoms with E-state index in [9.17, 15) is 18.8 Å². The van der Waals surface area contributed by atoms with Gasteiger partial charge in [0.1, 0.15) is 11.9 Å². The number of likely N-dealkylation sites (N-methyl/N-ethyl adjacent to an activating group) is 1. The number of hydrogen-bond acceptors (Lipinski definition) is 6. The lowest BCUT2D eigenvalue weighted by atomic mass is 10.0. The Hall–Kier alpha value is -3.17. The largest absolute Gasteiger partial charge is 0.442 e. The van der Waals surface area contributed by atoms with Gasteiger partial charge in [-0.25, -0.2) is 9.18 Å². The highest BCUT2D eigenvalue weighted by molar-refractivity contribution is 6.04. The van der Waals surface area contributed by atoms with Gasteiger partial charge in [-0.05, 0) is 18.2 Å². The van der Waals surface area contributed by atoms with Crippen LogP contribution in [-0.2, 0) is 19.2 Å². The van der Waals surface area contributed by atoms with Gasteiger partial charge in [-0.2, -0.15) is 0 Å². The van der Waals surface area contributed by atoms with Crippen LogP contribution in [0.2, 0.25) is 0 Å². The number of cyclic esters (lactones) is 1. The smallest absolute Gasteiger partial charge is 0.414 e. The maximum absolute atomic E-state index is 14.6. The molecular weight excluding hydrogens is 359 g/mol. The molecule has 10 heteroatoms. The van der Waals surface area contributed by atoms with Crippen molar-refractivity contribution < 1.29 is 28.3 Å². The summed E-state index contributed by atoms with van der Waals surface area (Å²) < 4.78 is 19.7. The Morgan fingerprint density at radius 1 is 1.41 bits per heavy atom. The van der Waals surface area contributed by atoms with E-state index in [4.69, 9.17) is 9.57 Å². The van der Waals surface area contributed by atoms with Crippen LogP contribution in [0.4, 0.5) is 14.9 Å². The highest BCUT2D eigenvalue weighted by atomic mass is 19.1. The van der Waals surface area contributed by atoms with Gasteiger partial charge in [0.15, 0.2) is 0 Å². The SMILES string of the molecule is CNC(=O)C1CC(c2ccc(N3C[C@H](CNC(C)=O)OC3=O)cc2F)=NO1. The van der Waals surface area contributed by atoms with E-state index in [1.54, 1.807) is 6.07 Å². The number of nitrogens with zero attached hydrogens (tertiary/aromatic N) is 2. The van der Waals surface area contributed by atoms with Crippen LogP contribution < -0.4 is 15.5 Å². The fraction of sp³-hybridized carbons (Fsp3) is 0.412. The van der Waals surface area contributed by atoms with Gasteiger partial charge in [-0.3, -0.25) is 14.5 Å². The zero-order chi connectivity index (χ0) is 19.6. The number of nitrogens with one attached hydrogen (secondary N) is 2. The lowest BCUT2D eigenvalue weighted by molar-refractivity contribution is -0.130. The molecule has 0 aliphatic carbocycles. The Labute approximate surface area is 154 Å². The van der Waals surface area contributed by atoms with E-state index in [-0.39, 0.29) is 36.9 Å². The number of halogens is 1. The third-order valence-corrected chi connectivity index (χ3v) is 4.24. The first kappa shape index (κ1) is 18.6. The minimum atomic E-state index is -0.785.